The lowest BCUT2D eigenvalue weighted by atomic mass is 9.98. The maximum Gasteiger partial charge on any atom is 0.265 e. The summed E-state index contributed by atoms with van der Waals surface area (Å²) in [6.45, 7) is 7.37. The lowest BCUT2D eigenvalue weighted by Gasteiger charge is -2.28. The third kappa shape index (κ3) is 3.20. The number of hydrogen-bond acceptors (Lipinski definition) is 4. The quantitative estimate of drug-likeness (QED) is 0.827. The molecule has 0 saturated carbocycles. The third-order valence-electron chi connectivity index (χ3n) is 4.57. The highest BCUT2D eigenvalue weighted by atomic mass is 32.1. The zero-order valence-electron chi connectivity index (χ0n) is 14.3. The van der Waals surface area contributed by atoms with Gasteiger partial charge in [-0.3, -0.25) is 4.79 Å². The van der Waals surface area contributed by atoms with Gasteiger partial charge in [-0.15, -0.1) is 11.3 Å². The van der Waals surface area contributed by atoms with E-state index in [1.54, 1.807) is 0 Å². The summed E-state index contributed by atoms with van der Waals surface area (Å²) in [7, 11) is 0. The van der Waals surface area contributed by atoms with Gasteiger partial charge in [-0.05, 0) is 39.2 Å². The Morgan fingerprint density at radius 1 is 1.29 bits per heavy atom. The predicted molar refractivity (Wildman–Crippen MR) is 96.0 cm³/mol. The number of likely N-dealkylation sites (tertiary alicyclic amines) is 1. The lowest BCUT2D eigenvalue weighted by Crippen LogP contribution is -2.38. The van der Waals surface area contributed by atoms with Gasteiger partial charge in [-0.2, -0.15) is 5.26 Å². The fourth-order valence-electron chi connectivity index (χ4n) is 3.12. The van der Waals surface area contributed by atoms with E-state index >= 15 is 0 Å². The highest BCUT2D eigenvalue weighted by Crippen LogP contribution is 2.32. The molecule has 0 bridgehead atoms. The summed E-state index contributed by atoms with van der Waals surface area (Å²) in [4.78, 5) is 20.0. The van der Waals surface area contributed by atoms with Crippen molar-refractivity contribution >= 4 is 17.2 Å². The molecule has 1 aromatic carbocycles. The van der Waals surface area contributed by atoms with Crippen molar-refractivity contribution in [2.45, 2.75) is 33.6 Å². The minimum atomic E-state index is 0.0532. The van der Waals surface area contributed by atoms with E-state index in [4.69, 9.17) is 5.26 Å². The molecule has 0 unspecified atom stereocenters. The second-order valence-corrected chi connectivity index (χ2v) is 7.45. The van der Waals surface area contributed by atoms with Gasteiger partial charge in [0.15, 0.2) is 0 Å². The van der Waals surface area contributed by atoms with Crippen LogP contribution in [0.5, 0.6) is 0 Å². The van der Waals surface area contributed by atoms with Gasteiger partial charge < -0.3 is 4.90 Å². The smallest absolute Gasteiger partial charge is 0.265 e. The number of rotatable bonds is 2. The minimum absolute atomic E-state index is 0.0532. The van der Waals surface area contributed by atoms with E-state index in [-0.39, 0.29) is 11.8 Å². The van der Waals surface area contributed by atoms with E-state index in [9.17, 15) is 4.79 Å². The van der Waals surface area contributed by atoms with Crippen LogP contribution in [0.4, 0.5) is 0 Å². The van der Waals surface area contributed by atoms with Gasteiger partial charge in [0.25, 0.3) is 5.91 Å². The average molecular weight is 339 g/mol. The summed E-state index contributed by atoms with van der Waals surface area (Å²) in [5.41, 5.74) is 4.29. The fraction of sp³-hybridized carbons (Fsp3) is 0.421. The Morgan fingerprint density at radius 2 is 2.00 bits per heavy atom. The van der Waals surface area contributed by atoms with Gasteiger partial charge in [-0.1, -0.05) is 23.8 Å². The number of benzene rings is 1. The molecule has 0 spiro atoms. The number of amides is 1. The van der Waals surface area contributed by atoms with Crippen LogP contribution in [0.25, 0.3) is 10.6 Å². The van der Waals surface area contributed by atoms with E-state index in [2.05, 4.69) is 43.1 Å². The third-order valence-corrected chi connectivity index (χ3v) is 5.75. The summed E-state index contributed by atoms with van der Waals surface area (Å²) in [6.07, 6.45) is 1.54. The number of aryl methyl sites for hydroxylation is 3. The molecule has 24 heavy (non-hydrogen) atoms. The summed E-state index contributed by atoms with van der Waals surface area (Å²) >= 11 is 1.47. The van der Waals surface area contributed by atoms with Crippen LogP contribution in [0.3, 0.4) is 0 Å². The van der Waals surface area contributed by atoms with Gasteiger partial charge >= 0.3 is 0 Å². The van der Waals surface area contributed by atoms with Crippen LogP contribution in [0.1, 0.15) is 39.3 Å². The van der Waals surface area contributed by atoms with Gasteiger partial charge in [0.1, 0.15) is 9.88 Å². The molecule has 0 N–H and O–H groups in total. The molecule has 1 fully saturated rings. The van der Waals surface area contributed by atoms with E-state index < -0.39 is 0 Å². The first-order chi connectivity index (χ1) is 11.5. The number of hydrogen-bond donors (Lipinski definition) is 0. The number of nitrogens with zero attached hydrogens (tertiary/aromatic N) is 3. The van der Waals surface area contributed by atoms with E-state index in [1.165, 1.54) is 22.5 Å². The van der Waals surface area contributed by atoms with Crippen LogP contribution in [0.2, 0.25) is 0 Å². The largest absolute Gasteiger partial charge is 0.338 e. The monoisotopic (exact) mass is 339 g/mol. The van der Waals surface area contributed by atoms with Crippen molar-refractivity contribution in [2.24, 2.45) is 5.92 Å². The Labute approximate surface area is 146 Å². The number of carbonyl (C=O) groups is 1. The molecule has 2 aromatic rings. The molecule has 0 radical (unpaired) electrons. The first-order valence-electron chi connectivity index (χ1n) is 8.23. The number of thiazole rings is 1. The average Bonchev–Trinajstić information content (AvgIpc) is 2.95. The van der Waals surface area contributed by atoms with E-state index in [0.717, 1.165) is 34.0 Å². The fourth-order valence-corrected chi connectivity index (χ4v) is 4.24. The van der Waals surface area contributed by atoms with Gasteiger partial charge in [0.05, 0.1) is 11.8 Å². The first kappa shape index (κ1) is 16.7. The van der Waals surface area contributed by atoms with Crippen molar-refractivity contribution in [2.75, 3.05) is 13.1 Å². The summed E-state index contributed by atoms with van der Waals surface area (Å²) in [5.74, 6) is 0.139. The van der Waals surface area contributed by atoms with Crippen LogP contribution in [0, 0.1) is 38.0 Å². The Morgan fingerprint density at radius 3 is 2.62 bits per heavy atom. The van der Waals surface area contributed by atoms with Gasteiger partial charge in [-0.25, -0.2) is 4.98 Å². The number of piperidine rings is 1. The maximum absolute atomic E-state index is 12.8. The molecule has 1 aromatic heterocycles. The highest BCUT2D eigenvalue weighted by Gasteiger charge is 2.26. The molecule has 5 heteroatoms. The minimum Gasteiger partial charge on any atom is -0.338 e. The van der Waals surface area contributed by atoms with Crippen LogP contribution in [-0.2, 0) is 0 Å². The van der Waals surface area contributed by atoms with Gasteiger partial charge in [0, 0.05) is 24.6 Å². The summed E-state index contributed by atoms with van der Waals surface area (Å²) in [6, 6.07) is 8.60. The molecule has 1 aliphatic rings. The number of carbonyl (C=O) groups excluding carboxylic acids is 1. The SMILES string of the molecule is Cc1ccc(-c2nc(C)c(C(=O)N3CCC(C#N)CC3)s2)c(C)c1. The van der Waals surface area contributed by atoms with Crippen LogP contribution < -0.4 is 0 Å². The van der Waals surface area contributed by atoms with E-state index in [1.807, 2.05) is 11.8 Å². The Balaban J connectivity index is 1.84. The van der Waals surface area contributed by atoms with Crippen molar-refractivity contribution in [1.82, 2.24) is 9.88 Å². The first-order valence-corrected chi connectivity index (χ1v) is 9.05. The standard InChI is InChI=1S/C19H21N3OS/c1-12-4-5-16(13(2)10-12)18-21-14(3)17(24-18)19(23)22-8-6-15(11-20)7-9-22/h4-5,10,15H,6-9H2,1-3H3. The van der Waals surface area contributed by atoms with Crippen LogP contribution in [0.15, 0.2) is 18.2 Å². The Kier molecular flexibility index (Phi) is 4.68. The van der Waals surface area contributed by atoms with Gasteiger partial charge in [0.2, 0.25) is 0 Å². The molecule has 124 valence electrons. The molecule has 3 rings (SSSR count). The lowest BCUT2D eigenvalue weighted by molar-refractivity contribution is 0.0711. The Hall–Kier alpha value is -2.19. The van der Waals surface area contributed by atoms with Crippen molar-refractivity contribution in [3.8, 4) is 16.6 Å². The van der Waals surface area contributed by atoms with Crippen molar-refractivity contribution in [1.29, 1.82) is 5.26 Å². The number of nitriles is 1. The highest BCUT2D eigenvalue weighted by molar-refractivity contribution is 7.17. The predicted octanol–water partition coefficient (Wildman–Crippen LogP) is 4.11. The summed E-state index contributed by atoms with van der Waals surface area (Å²) < 4.78 is 0. The zero-order valence-corrected chi connectivity index (χ0v) is 15.1. The molecular formula is C19H21N3OS. The normalized spacial score (nSPS) is 15.3. The summed E-state index contributed by atoms with van der Waals surface area (Å²) in [5, 5.41) is 9.89. The van der Waals surface area contributed by atoms with Crippen LogP contribution >= 0.6 is 11.3 Å². The molecule has 2 heterocycles. The van der Waals surface area contributed by atoms with Crippen molar-refractivity contribution < 1.29 is 4.79 Å². The second kappa shape index (κ2) is 6.74. The Bertz CT molecular complexity index is 811. The zero-order chi connectivity index (χ0) is 17.3. The van der Waals surface area contributed by atoms with Crippen molar-refractivity contribution in [3.05, 3.63) is 39.9 Å². The molecule has 1 amide bonds. The number of aromatic nitrogens is 1. The topological polar surface area (TPSA) is 57.0 Å². The molecule has 0 atom stereocenters. The molecule has 0 aliphatic carbocycles. The van der Waals surface area contributed by atoms with Crippen LogP contribution in [-0.4, -0.2) is 28.9 Å². The molecular weight excluding hydrogens is 318 g/mol. The molecule has 4 nitrogen and oxygen atoms in total. The molecule has 1 aliphatic heterocycles. The molecule has 1 saturated heterocycles. The second-order valence-electron chi connectivity index (χ2n) is 6.45. The maximum atomic E-state index is 12.8. The van der Waals surface area contributed by atoms with E-state index in [0.29, 0.717) is 13.1 Å². The van der Waals surface area contributed by atoms with Crippen molar-refractivity contribution in [3.63, 3.8) is 0 Å².